The zero-order valence-electron chi connectivity index (χ0n) is 9.29. The molecule has 3 nitrogen and oxygen atoms in total. The standard InChI is InChI=1S/C11H21NO2/c1-7(2)11(12)5-4-9(8(3)13)6-10(11)14/h7-9,13H,4-6,12H2,1-3H3. The average molecular weight is 199 g/mol. The molecule has 3 unspecified atom stereocenters. The Kier molecular flexibility index (Phi) is 3.32. The largest absolute Gasteiger partial charge is 0.393 e. The van der Waals surface area contributed by atoms with Crippen molar-refractivity contribution in [1.29, 1.82) is 0 Å². The van der Waals surface area contributed by atoms with Crippen molar-refractivity contribution in [3.8, 4) is 0 Å². The van der Waals surface area contributed by atoms with E-state index in [-0.39, 0.29) is 17.6 Å². The molecule has 0 saturated heterocycles. The fourth-order valence-corrected chi connectivity index (χ4v) is 2.12. The summed E-state index contributed by atoms with van der Waals surface area (Å²) >= 11 is 0. The smallest absolute Gasteiger partial charge is 0.153 e. The Hall–Kier alpha value is -0.410. The number of carbonyl (C=O) groups excluding carboxylic acids is 1. The van der Waals surface area contributed by atoms with E-state index >= 15 is 0 Å². The van der Waals surface area contributed by atoms with Crippen LogP contribution >= 0.6 is 0 Å². The highest BCUT2D eigenvalue weighted by Gasteiger charge is 2.42. The van der Waals surface area contributed by atoms with Crippen LogP contribution in [-0.4, -0.2) is 22.5 Å². The summed E-state index contributed by atoms with van der Waals surface area (Å²) in [6.45, 7) is 5.72. The van der Waals surface area contributed by atoms with Gasteiger partial charge in [-0.15, -0.1) is 0 Å². The molecule has 0 aromatic rings. The van der Waals surface area contributed by atoms with E-state index in [1.54, 1.807) is 6.92 Å². The lowest BCUT2D eigenvalue weighted by Gasteiger charge is -2.39. The SMILES string of the molecule is CC(O)C1CCC(N)(C(C)C)C(=O)C1. The molecule has 0 heterocycles. The molecule has 14 heavy (non-hydrogen) atoms. The fraction of sp³-hybridized carbons (Fsp3) is 0.909. The highest BCUT2D eigenvalue weighted by Crippen LogP contribution is 2.33. The second-order valence-electron chi connectivity index (χ2n) is 4.86. The molecule has 0 radical (unpaired) electrons. The van der Waals surface area contributed by atoms with E-state index in [2.05, 4.69) is 0 Å². The van der Waals surface area contributed by atoms with Gasteiger partial charge in [0.05, 0.1) is 11.6 Å². The normalized spacial score (nSPS) is 36.1. The molecule has 1 saturated carbocycles. The van der Waals surface area contributed by atoms with Crippen LogP contribution in [0.1, 0.15) is 40.0 Å². The Morgan fingerprint density at radius 2 is 2.07 bits per heavy atom. The van der Waals surface area contributed by atoms with Crippen molar-refractivity contribution in [3.05, 3.63) is 0 Å². The molecule has 1 fully saturated rings. The van der Waals surface area contributed by atoms with Crippen LogP contribution in [0.2, 0.25) is 0 Å². The zero-order chi connectivity index (χ0) is 10.9. The van der Waals surface area contributed by atoms with Gasteiger partial charge in [0, 0.05) is 6.42 Å². The van der Waals surface area contributed by atoms with E-state index in [0.29, 0.717) is 12.8 Å². The molecule has 1 aliphatic rings. The summed E-state index contributed by atoms with van der Waals surface area (Å²) in [7, 11) is 0. The Balaban J connectivity index is 2.69. The third-order valence-corrected chi connectivity index (χ3v) is 3.61. The van der Waals surface area contributed by atoms with Crippen molar-refractivity contribution in [2.75, 3.05) is 0 Å². The lowest BCUT2D eigenvalue weighted by atomic mass is 9.69. The molecule has 3 N–H and O–H groups in total. The van der Waals surface area contributed by atoms with Crippen LogP contribution in [0.4, 0.5) is 0 Å². The quantitative estimate of drug-likeness (QED) is 0.699. The number of nitrogens with two attached hydrogens (primary N) is 1. The molecule has 3 atom stereocenters. The Labute approximate surface area is 85.7 Å². The molecule has 0 spiro atoms. The van der Waals surface area contributed by atoms with E-state index in [4.69, 9.17) is 5.73 Å². The van der Waals surface area contributed by atoms with Crippen molar-refractivity contribution in [2.24, 2.45) is 17.6 Å². The Bertz CT molecular complexity index is 225. The van der Waals surface area contributed by atoms with Gasteiger partial charge in [0.25, 0.3) is 0 Å². The lowest BCUT2D eigenvalue weighted by Crippen LogP contribution is -2.56. The summed E-state index contributed by atoms with van der Waals surface area (Å²) in [6, 6.07) is 0. The molecule has 0 aliphatic heterocycles. The highest BCUT2D eigenvalue weighted by molar-refractivity contribution is 5.89. The molecule has 0 bridgehead atoms. The molecule has 0 aromatic heterocycles. The summed E-state index contributed by atoms with van der Waals surface area (Å²) in [6.07, 6.45) is 1.61. The van der Waals surface area contributed by atoms with Gasteiger partial charge in [-0.3, -0.25) is 4.79 Å². The van der Waals surface area contributed by atoms with Gasteiger partial charge < -0.3 is 10.8 Å². The van der Waals surface area contributed by atoms with Crippen molar-refractivity contribution >= 4 is 5.78 Å². The number of carbonyl (C=O) groups is 1. The maximum atomic E-state index is 11.8. The van der Waals surface area contributed by atoms with Crippen molar-refractivity contribution in [3.63, 3.8) is 0 Å². The number of Topliss-reactive ketones (excluding diaryl/α,β-unsaturated/α-hetero) is 1. The first-order valence-electron chi connectivity index (χ1n) is 5.38. The molecule has 82 valence electrons. The predicted octanol–water partition coefficient (Wildman–Crippen LogP) is 1.09. The van der Waals surface area contributed by atoms with E-state index < -0.39 is 11.6 Å². The monoisotopic (exact) mass is 199 g/mol. The third-order valence-electron chi connectivity index (χ3n) is 3.61. The fourth-order valence-electron chi connectivity index (χ4n) is 2.12. The third kappa shape index (κ3) is 1.98. The minimum atomic E-state index is -0.647. The first-order valence-corrected chi connectivity index (χ1v) is 5.38. The van der Waals surface area contributed by atoms with Crippen LogP contribution in [0.15, 0.2) is 0 Å². The second-order valence-corrected chi connectivity index (χ2v) is 4.86. The van der Waals surface area contributed by atoms with Crippen LogP contribution in [0, 0.1) is 11.8 Å². The molecule has 0 amide bonds. The number of aliphatic hydroxyl groups excluding tert-OH is 1. The Morgan fingerprint density at radius 1 is 1.50 bits per heavy atom. The summed E-state index contributed by atoms with van der Waals surface area (Å²) < 4.78 is 0. The van der Waals surface area contributed by atoms with Crippen molar-refractivity contribution < 1.29 is 9.90 Å². The van der Waals surface area contributed by atoms with E-state index in [1.807, 2.05) is 13.8 Å². The number of hydrogen-bond donors (Lipinski definition) is 2. The second kappa shape index (κ2) is 3.99. The number of ketones is 1. The van der Waals surface area contributed by atoms with Gasteiger partial charge in [0.2, 0.25) is 0 Å². The van der Waals surface area contributed by atoms with E-state index in [1.165, 1.54) is 0 Å². The topological polar surface area (TPSA) is 63.3 Å². The van der Waals surface area contributed by atoms with Gasteiger partial charge in [0.15, 0.2) is 5.78 Å². The minimum absolute atomic E-state index is 0.109. The van der Waals surface area contributed by atoms with Crippen LogP contribution in [-0.2, 0) is 4.79 Å². The average Bonchev–Trinajstić information content (AvgIpc) is 2.09. The first-order chi connectivity index (χ1) is 6.38. The summed E-state index contributed by atoms with van der Waals surface area (Å²) in [5, 5.41) is 9.41. The van der Waals surface area contributed by atoms with Gasteiger partial charge >= 0.3 is 0 Å². The van der Waals surface area contributed by atoms with E-state index in [9.17, 15) is 9.90 Å². The molecular weight excluding hydrogens is 178 g/mol. The van der Waals surface area contributed by atoms with Crippen molar-refractivity contribution in [2.45, 2.75) is 51.7 Å². The molecule has 1 aliphatic carbocycles. The molecule has 1 rings (SSSR count). The minimum Gasteiger partial charge on any atom is -0.393 e. The lowest BCUT2D eigenvalue weighted by molar-refractivity contribution is -0.131. The summed E-state index contributed by atoms with van der Waals surface area (Å²) in [5.74, 6) is 0.410. The summed E-state index contributed by atoms with van der Waals surface area (Å²) in [5.41, 5.74) is 5.43. The van der Waals surface area contributed by atoms with Gasteiger partial charge in [-0.2, -0.15) is 0 Å². The molecule has 3 heteroatoms. The molecular formula is C11H21NO2. The van der Waals surface area contributed by atoms with Crippen LogP contribution in [0.25, 0.3) is 0 Å². The number of hydrogen-bond acceptors (Lipinski definition) is 3. The van der Waals surface area contributed by atoms with Crippen molar-refractivity contribution in [1.82, 2.24) is 0 Å². The van der Waals surface area contributed by atoms with Gasteiger partial charge in [0.1, 0.15) is 0 Å². The van der Waals surface area contributed by atoms with Crippen LogP contribution in [0.3, 0.4) is 0 Å². The van der Waals surface area contributed by atoms with Gasteiger partial charge in [-0.05, 0) is 31.6 Å². The first kappa shape index (κ1) is 11.7. The van der Waals surface area contributed by atoms with Gasteiger partial charge in [-0.1, -0.05) is 13.8 Å². The highest BCUT2D eigenvalue weighted by atomic mass is 16.3. The number of aliphatic hydroxyl groups is 1. The van der Waals surface area contributed by atoms with Crippen LogP contribution in [0.5, 0.6) is 0 Å². The molecule has 0 aromatic carbocycles. The van der Waals surface area contributed by atoms with Crippen LogP contribution < -0.4 is 5.73 Å². The maximum absolute atomic E-state index is 11.8. The predicted molar refractivity (Wildman–Crippen MR) is 55.8 cm³/mol. The van der Waals surface area contributed by atoms with E-state index in [0.717, 1.165) is 6.42 Å². The Morgan fingerprint density at radius 3 is 2.43 bits per heavy atom. The number of rotatable bonds is 2. The maximum Gasteiger partial charge on any atom is 0.153 e. The zero-order valence-corrected chi connectivity index (χ0v) is 9.29. The van der Waals surface area contributed by atoms with Gasteiger partial charge in [-0.25, -0.2) is 0 Å². The summed E-state index contributed by atoms with van der Waals surface area (Å²) in [4.78, 5) is 11.8.